The van der Waals surface area contributed by atoms with Gasteiger partial charge in [0.2, 0.25) is 0 Å². The molecular weight excluding hydrogens is 201 g/mol. The Balaban J connectivity index is 5.53. The van der Waals surface area contributed by atoms with Crippen LogP contribution in [0.25, 0.3) is 0 Å². The van der Waals surface area contributed by atoms with Gasteiger partial charge in [-0.05, 0) is 20.8 Å². The molecule has 12 heavy (non-hydrogen) atoms. The van der Waals surface area contributed by atoms with E-state index in [1.807, 2.05) is 0 Å². The van der Waals surface area contributed by atoms with Crippen LogP contribution in [0, 0.1) is 0 Å². The topological polar surface area (TPSA) is 0 Å². The van der Waals surface area contributed by atoms with Crippen LogP contribution in [0.4, 0.5) is 11.7 Å². The van der Waals surface area contributed by atoms with Crippen LogP contribution in [0.2, 0.25) is 13.1 Å². The van der Waals surface area contributed by atoms with Crippen molar-refractivity contribution in [1.29, 1.82) is 0 Å². The van der Waals surface area contributed by atoms with Crippen LogP contribution < -0.4 is 0 Å². The zero-order valence-corrected chi connectivity index (χ0v) is 10.6. The van der Waals surface area contributed by atoms with E-state index in [9.17, 15) is 11.7 Å². The van der Waals surface area contributed by atoms with Gasteiger partial charge in [0.05, 0.1) is 0 Å². The first-order chi connectivity index (χ1) is 4.73. The molecule has 0 fully saturated rings. The van der Waals surface area contributed by atoms with Gasteiger partial charge < -0.3 is 0 Å². The van der Waals surface area contributed by atoms with Gasteiger partial charge in [-0.1, -0.05) is 13.1 Å². The molecule has 0 saturated heterocycles. The largest absolute Gasteiger partial charge is 0.159 e. The normalized spacial score (nSPS) is 20.5. The summed E-state index contributed by atoms with van der Waals surface area (Å²) in [5.41, 5.74) is 0. The van der Waals surface area contributed by atoms with Gasteiger partial charge in [-0.2, -0.15) is 11.7 Å². The number of rotatable bonds is 1. The van der Waals surface area contributed by atoms with Crippen molar-refractivity contribution < 1.29 is 11.7 Å². The highest BCUT2D eigenvalue weighted by atomic mass is 32.6. The minimum Gasteiger partial charge on any atom is -0.159 e. The van der Waals surface area contributed by atoms with Crippen LogP contribution in [0.3, 0.4) is 0 Å². The molecule has 0 heterocycles. The number of hydrogen-bond donors (Lipinski definition) is 0. The maximum Gasteiger partial charge on any atom is 0.155 e. The summed E-state index contributed by atoms with van der Waals surface area (Å²) in [6.07, 6.45) is 0.566. The number of hydrogen-bond acceptors (Lipinski definition) is 0. The van der Waals surface area contributed by atoms with Gasteiger partial charge in [-0.3, -0.25) is 0 Å². The predicted octanol–water partition coefficient (Wildman–Crippen LogP) is 3.93. The fraction of sp³-hybridized carbons (Fsp3) is 1.00. The van der Waals surface area contributed by atoms with Crippen LogP contribution in [0.5, 0.6) is 0 Å². The zero-order chi connectivity index (χ0) is 10.5. The summed E-state index contributed by atoms with van der Waals surface area (Å²) >= 11 is 0. The van der Waals surface area contributed by atoms with Gasteiger partial charge >= 0.3 is 0 Å². The first kappa shape index (κ1) is 12.4. The molecule has 0 radical (unpaired) electrons. The van der Waals surface area contributed by atoms with Crippen molar-refractivity contribution >= 4 is 16.8 Å². The fourth-order valence-corrected chi connectivity index (χ4v) is 6.36. The van der Waals surface area contributed by atoms with Gasteiger partial charge in [-0.25, -0.2) is 0 Å². The Morgan fingerprint density at radius 3 is 1.25 bits per heavy atom. The average Bonchev–Trinajstić information content (AvgIpc) is 1.56. The van der Waals surface area contributed by atoms with Crippen molar-refractivity contribution in [2.45, 2.75) is 38.6 Å². The van der Waals surface area contributed by atoms with Gasteiger partial charge in [-0.15, -0.1) is 0 Å². The van der Waals surface area contributed by atoms with E-state index in [4.69, 9.17) is 0 Å². The van der Waals surface area contributed by atoms with Crippen LogP contribution in [-0.2, 0) is 0 Å². The molecule has 0 aromatic rings. The molecule has 0 amide bonds. The third-order valence-corrected chi connectivity index (χ3v) is 18.3. The molecule has 0 aliphatic carbocycles. The molecule has 0 aliphatic rings. The first-order valence-corrected chi connectivity index (χ1v) is 10.3. The highest BCUT2D eigenvalue weighted by molar-refractivity contribution is 8.72. The molecule has 78 valence electrons. The fourth-order valence-electron chi connectivity index (χ4n) is 0.707. The predicted molar refractivity (Wildman–Crippen MR) is 55.5 cm³/mol. The molecule has 0 rings (SSSR count). The Morgan fingerprint density at radius 2 is 1.25 bits per heavy atom. The van der Waals surface area contributed by atoms with Gasteiger partial charge in [0, 0.05) is 19.9 Å². The Hall–Kier alpha value is 0.357. The van der Waals surface area contributed by atoms with E-state index >= 15 is 0 Å². The van der Waals surface area contributed by atoms with E-state index < -0.39 is 21.6 Å². The van der Waals surface area contributed by atoms with Crippen molar-refractivity contribution in [3.8, 4) is 0 Å². The second-order valence-corrected chi connectivity index (χ2v) is 18.1. The van der Waals surface area contributed by atoms with E-state index in [-0.39, 0.29) is 0 Å². The summed E-state index contributed by atoms with van der Waals surface area (Å²) in [4.78, 5) is 0. The monoisotopic (exact) mass is 220 g/mol. The molecule has 0 aromatic carbocycles. The Labute approximate surface area is 73.9 Å². The second-order valence-electron chi connectivity index (χ2n) is 4.86. The van der Waals surface area contributed by atoms with E-state index in [1.54, 1.807) is 0 Å². The van der Waals surface area contributed by atoms with Crippen LogP contribution in [0.1, 0.15) is 20.8 Å². The molecule has 0 spiro atoms. The molecule has 0 aromatic heterocycles. The lowest BCUT2D eigenvalue weighted by molar-refractivity contribution is 0.511. The van der Waals surface area contributed by atoms with Crippen molar-refractivity contribution in [2.75, 3.05) is 6.26 Å². The molecule has 0 N–H and O–H groups in total. The highest BCUT2D eigenvalue weighted by Gasteiger charge is 2.68. The summed E-state index contributed by atoms with van der Waals surface area (Å²) in [6, 6.07) is 0. The Bertz CT molecular complexity index is 196. The minimum absolute atomic E-state index is 0.566. The van der Waals surface area contributed by atoms with Crippen molar-refractivity contribution in [1.82, 2.24) is 0 Å². The SMILES string of the molecule is C[SiH](C)S(C)(F)(F)(F)C(C)(C)C. The van der Waals surface area contributed by atoms with Crippen LogP contribution in [0.15, 0.2) is 0 Å². The third kappa shape index (κ3) is 1.41. The van der Waals surface area contributed by atoms with Crippen LogP contribution in [-0.4, -0.2) is 18.9 Å². The Kier molecular flexibility index (Phi) is 2.11. The lowest BCUT2D eigenvalue weighted by atomic mass is 10.3. The molecule has 0 unspecified atom stereocenters. The maximum atomic E-state index is 13.9. The number of halogens is 3. The average molecular weight is 220 g/mol. The summed E-state index contributed by atoms with van der Waals surface area (Å²) in [5, 5.41) is 0. The van der Waals surface area contributed by atoms with Crippen LogP contribution >= 0.6 is 8.90 Å². The lowest BCUT2D eigenvalue weighted by Gasteiger charge is -2.66. The molecule has 0 bridgehead atoms. The van der Waals surface area contributed by atoms with Gasteiger partial charge in [0.15, 0.2) is 7.95 Å². The minimum atomic E-state index is -6.25. The maximum absolute atomic E-state index is 13.9. The van der Waals surface area contributed by atoms with Gasteiger partial charge in [0.1, 0.15) is 0 Å². The highest BCUT2D eigenvalue weighted by Crippen LogP contribution is 2.99. The standard InChI is InChI=1S/C7H19F3SSi/c1-7(2,3)11(4,8,9,10)12(5)6/h12H,1-6H3. The summed E-state index contributed by atoms with van der Waals surface area (Å²) in [6.45, 7) is 6.64. The quantitative estimate of drug-likeness (QED) is 0.587. The Morgan fingerprint density at radius 1 is 1.00 bits per heavy atom. The van der Waals surface area contributed by atoms with Crippen molar-refractivity contribution in [3.05, 3.63) is 0 Å². The molecule has 5 heteroatoms. The third-order valence-electron chi connectivity index (χ3n) is 2.90. The second kappa shape index (κ2) is 2.05. The van der Waals surface area contributed by atoms with E-state index in [2.05, 4.69) is 0 Å². The summed E-state index contributed by atoms with van der Waals surface area (Å²) in [5.74, 6) is 0. The van der Waals surface area contributed by atoms with E-state index in [0.29, 0.717) is 6.26 Å². The summed E-state index contributed by atoms with van der Waals surface area (Å²) < 4.78 is 40.3. The smallest absolute Gasteiger partial charge is 0.155 e. The van der Waals surface area contributed by atoms with Crippen molar-refractivity contribution in [3.63, 3.8) is 0 Å². The molecular formula is C7H19F3SSi. The molecule has 0 atom stereocenters. The molecule has 0 nitrogen and oxygen atoms in total. The van der Waals surface area contributed by atoms with Gasteiger partial charge in [0.25, 0.3) is 0 Å². The zero-order valence-electron chi connectivity index (χ0n) is 8.62. The summed E-state index contributed by atoms with van der Waals surface area (Å²) in [7, 11) is -8.87. The molecule has 0 saturated carbocycles. The lowest BCUT2D eigenvalue weighted by Crippen LogP contribution is -2.47. The van der Waals surface area contributed by atoms with E-state index in [0.717, 1.165) is 0 Å². The molecule has 0 aliphatic heterocycles. The van der Waals surface area contributed by atoms with Crippen molar-refractivity contribution in [2.24, 2.45) is 0 Å². The van der Waals surface area contributed by atoms with E-state index in [1.165, 1.54) is 33.9 Å². The first-order valence-electron chi connectivity index (χ1n) is 3.97.